The molecular formula is C18H27N3O3S. The number of amides is 2. The first-order valence-corrected chi connectivity index (χ1v) is 9.73. The molecule has 0 bridgehead atoms. The van der Waals surface area contributed by atoms with E-state index in [0.717, 1.165) is 30.0 Å². The van der Waals surface area contributed by atoms with Crippen molar-refractivity contribution in [3.8, 4) is 5.75 Å². The summed E-state index contributed by atoms with van der Waals surface area (Å²) in [6, 6.07) is 7.74. The number of carbonyl (C=O) groups is 2. The number of nitrogens with two attached hydrogens (primary N) is 1. The molecule has 1 heterocycles. The number of hydrogen-bond donors (Lipinski definition) is 2. The molecular weight excluding hydrogens is 338 g/mol. The van der Waals surface area contributed by atoms with Gasteiger partial charge in [-0.25, -0.2) is 0 Å². The molecule has 0 radical (unpaired) electrons. The van der Waals surface area contributed by atoms with Crippen molar-refractivity contribution in [2.45, 2.75) is 24.7 Å². The molecule has 0 saturated carbocycles. The number of hydrogen-bond acceptors (Lipinski definition) is 5. The predicted molar refractivity (Wildman–Crippen MR) is 99.7 cm³/mol. The zero-order valence-corrected chi connectivity index (χ0v) is 15.5. The Bertz CT molecular complexity index is 565. The first-order chi connectivity index (χ1) is 12.1. The molecule has 1 saturated heterocycles. The standard InChI is InChI=1S/C18H27N3O3S/c1-2-24-15-5-7-16(8-6-15)25-13-17(22)21-11-3-4-14(12-21)18(23)20-10-9-19/h5-8,14H,2-4,9-13,19H2,1H3,(H,20,23). The molecule has 6 nitrogen and oxygen atoms in total. The maximum atomic E-state index is 12.5. The molecule has 2 rings (SSSR count). The van der Waals surface area contributed by atoms with Gasteiger partial charge in [-0.1, -0.05) is 0 Å². The van der Waals surface area contributed by atoms with Crippen molar-refractivity contribution in [1.82, 2.24) is 10.2 Å². The Labute approximate surface area is 153 Å². The minimum Gasteiger partial charge on any atom is -0.494 e. The van der Waals surface area contributed by atoms with Crippen LogP contribution in [-0.2, 0) is 9.59 Å². The average molecular weight is 365 g/mol. The van der Waals surface area contributed by atoms with E-state index in [1.165, 1.54) is 11.8 Å². The van der Waals surface area contributed by atoms with E-state index in [9.17, 15) is 9.59 Å². The molecule has 1 unspecified atom stereocenters. The van der Waals surface area contributed by atoms with Crippen LogP contribution in [0.15, 0.2) is 29.2 Å². The van der Waals surface area contributed by atoms with Gasteiger partial charge in [-0.3, -0.25) is 9.59 Å². The predicted octanol–water partition coefficient (Wildman–Crippen LogP) is 1.49. The molecule has 0 aromatic heterocycles. The van der Waals surface area contributed by atoms with Gasteiger partial charge in [0.05, 0.1) is 18.3 Å². The van der Waals surface area contributed by atoms with Crippen LogP contribution in [-0.4, -0.2) is 55.3 Å². The van der Waals surface area contributed by atoms with Gasteiger partial charge in [-0.15, -0.1) is 11.8 Å². The van der Waals surface area contributed by atoms with Crippen molar-refractivity contribution in [2.75, 3.05) is 38.5 Å². The van der Waals surface area contributed by atoms with Crippen molar-refractivity contribution in [1.29, 1.82) is 0 Å². The highest BCUT2D eigenvalue weighted by atomic mass is 32.2. The van der Waals surface area contributed by atoms with E-state index in [-0.39, 0.29) is 17.7 Å². The molecule has 1 aliphatic rings. The van der Waals surface area contributed by atoms with Gasteiger partial charge in [-0.2, -0.15) is 0 Å². The van der Waals surface area contributed by atoms with Gasteiger partial charge in [0.25, 0.3) is 0 Å². The summed E-state index contributed by atoms with van der Waals surface area (Å²) in [6.07, 6.45) is 1.69. The van der Waals surface area contributed by atoms with Gasteiger partial charge in [0.2, 0.25) is 11.8 Å². The first-order valence-electron chi connectivity index (χ1n) is 8.75. The van der Waals surface area contributed by atoms with Gasteiger partial charge in [-0.05, 0) is 44.0 Å². The smallest absolute Gasteiger partial charge is 0.232 e. The van der Waals surface area contributed by atoms with Gasteiger partial charge < -0.3 is 20.7 Å². The van der Waals surface area contributed by atoms with Crippen LogP contribution in [0.4, 0.5) is 0 Å². The molecule has 0 spiro atoms. The average Bonchev–Trinajstić information content (AvgIpc) is 2.65. The van der Waals surface area contributed by atoms with E-state index >= 15 is 0 Å². The number of likely N-dealkylation sites (tertiary alicyclic amines) is 1. The van der Waals surface area contributed by atoms with E-state index in [0.29, 0.717) is 32.0 Å². The molecule has 25 heavy (non-hydrogen) atoms. The second-order valence-corrected chi connectivity index (χ2v) is 7.00. The van der Waals surface area contributed by atoms with Crippen LogP contribution in [0, 0.1) is 5.92 Å². The highest BCUT2D eigenvalue weighted by Gasteiger charge is 2.28. The third-order valence-electron chi connectivity index (χ3n) is 4.09. The van der Waals surface area contributed by atoms with Crippen LogP contribution < -0.4 is 15.8 Å². The normalized spacial score (nSPS) is 17.2. The fraction of sp³-hybridized carbons (Fsp3) is 0.556. The molecule has 2 amide bonds. The minimum absolute atomic E-state index is 0.00196. The van der Waals surface area contributed by atoms with Gasteiger partial charge in [0.1, 0.15) is 5.75 Å². The van der Waals surface area contributed by atoms with Crippen molar-refractivity contribution in [3.05, 3.63) is 24.3 Å². The molecule has 0 aliphatic carbocycles. The topological polar surface area (TPSA) is 84.7 Å². The Hall–Kier alpha value is -1.73. The minimum atomic E-state index is -0.125. The number of rotatable bonds is 8. The number of nitrogens with zero attached hydrogens (tertiary/aromatic N) is 1. The number of benzene rings is 1. The molecule has 3 N–H and O–H groups in total. The highest BCUT2D eigenvalue weighted by Crippen LogP contribution is 2.23. The van der Waals surface area contributed by atoms with Crippen molar-refractivity contribution in [2.24, 2.45) is 11.7 Å². The Morgan fingerprint density at radius 3 is 2.80 bits per heavy atom. The summed E-state index contributed by atoms with van der Waals surface area (Å²) in [5.74, 6) is 1.17. The van der Waals surface area contributed by atoms with E-state index in [1.807, 2.05) is 31.2 Å². The summed E-state index contributed by atoms with van der Waals surface area (Å²) in [5, 5.41) is 2.82. The summed E-state index contributed by atoms with van der Waals surface area (Å²) in [6.45, 7) is 4.72. The van der Waals surface area contributed by atoms with Crippen LogP contribution in [0.25, 0.3) is 0 Å². The van der Waals surface area contributed by atoms with Crippen LogP contribution in [0.5, 0.6) is 5.75 Å². The summed E-state index contributed by atoms with van der Waals surface area (Å²) >= 11 is 1.51. The zero-order valence-electron chi connectivity index (χ0n) is 14.7. The number of piperidine rings is 1. The van der Waals surface area contributed by atoms with E-state index in [1.54, 1.807) is 4.90 Å². The molecule has 138 valence electrons. The fourth-order valence-corrected chi connectivity index (χ4v) is 3.59. The molecule has 1 aromatic rings. The SMILES string of the molecule is CCOc1ccc(SCC(=O)N2CCCC(C(=O)NCCN)C2)cc1. The third kappa shape index (κ3) is 6.25. The molecule has 1 atom stereocenters. The Morgan fingerprint density at radius 2 is 2.12 bits per heavy atom. The fourth-order valence-electron chi connectivity index (χ4n) is 2.79. The van der Waals surface area contributed by atoms with Gasteiger partial charge in [0.15, 0.2) is 0 Å². The van der Waals surface area contributed by atoms with Crippen LogP contribution in [0.3, 0.4) is 0 Å². The lowest BCUT2D eigenvalue weighted by molar-refractivity contribution is -0.133. The molecule has 1 aliphatic heterocycles. The second kappa shape index (κ2) is 10.3. The second-order valence-electron chi connectivity index (χ2n) is 5.95. The molecule has 1 fully saturated rings. The van der Waals surface area contributed by atoms with Crippen LogP contribution in [0.2, 0.25) is 0 Å². The van der Waals surface area contributed by atoms with E-state index in [2.05, 4.69) is 5.32 Å². The third-order valence-corrected chi connectivity index (χ3v) is 5.08. The molecule has 1 aromatic carbocycles. The van der Waals surface area contributed by atoms with Crippen LogP contribution >= 0.6 is 11.8 Å². The van der Waals surface area contributed by atoms with Gasteiger partial charge in [0, 0.05) is 31.1 Å². The lowest BCUT2D eigenvalue weighted by Gasteiger charge is -2.32. The quantitative estimate of drug-likeness (QED) is 0.682. The summed E-state index contributed by atoms with van der Waals surface area (Å²) in [7, 11) is 0. The Kier molecular flexibility index (Phi) is 8.08. The summed E-state index contributed by atoms with van der Waals surface area (Å²) in [4.78, 5) is 27.4. The Morgan fingerprint density at radius 1 is 1.36 bits per heavy atom. The largest absolute Gasteiger partial charge is 0.494 e. The Balaban J connectivity index is 1.80. The number of thioether (sulfide) groups is 1. The first kappa shape index (κ1) is 19.6. The van der Waals surface area contributed by atoms with Crippen molar-refractivity contribution >= 4 is 23.6 Å². The maximum absolute atomic E-state index is 12.5. The summed E-state index contributed by atoms with van der Waals surface area (Å²) < 4.78 is 5.41. The lowest BCUT2D eigenvalue weighted by Crippen LogP contribution is -2.46. The maximum Gasteiger partial charge on any atom is 0.232 e. The van der Waals surface area contributed by atoms with E-state index < -0.39 is 0 Å². The summed E-state index contributed by atoms with van der Waals surface area (Å²) in [5.41, 5.74) is 5.41. The van der Waals surface area contributed by atoms with Crippen molar-refractivity contribution in [3.63, 3.8) is 0 Å². The number of ether oxygens (including phenoxy) is 1. The lowest BCUT2D eigenvalue weighted by atomic mass is 9.97. The highest BCUT2D eigenvalue weighted by molar-refractivity contribution is 8.00. The number of carbonyl (C=O) groups excluding carboxylic acids is 2. The van der Waals surface area contributed by atoms with Gasteiger partial charge >= 0.3 is 0 Å². The molecule has 7 heteroatoms. The van der Waals surface area contributed by atoms with Crippen molar-refractivity contribution < 1.29 is 14.3 Å². The monoisotopic (exact) mass is 365 g/mol. The number of nitrogens with one attached hydrogen (secondary N) is 1. The zero-order chi connectivity index (χ0) is 18.1. The van der Waals surface area contributed by atoms with Crippen LogP contribution in [0.1, 0.15) is 19.8 Å². The van der Waals surface area contributed by atoms with E-state index in [4.69, 9.17) is 10.5 Å².